The van der Waals surface area contributed by atoms with Gasteiger partial charge in [-0.05, 0) is 25.0 Å². The van der Waals surface area contributed by atoms with Crippen LogP contribution in [0.2, 0.25) is 0 Å². The Balaban J connectivity index is 2.58. The smallest absolute Gasteiger partial charge is 0.0400 e. The van der Waals surface area contributed by atoms with E-state index in [4.69, 9.17) is 5.73 Å². The van der Waals surface area contributed by atoms with E-state index < -0.39 is 0 Å². The summed E-state index contributed by atoms with van der Waals surface area (Å²) in [6.45, 7) is 3.06. The van der Waals surface area contributed by atoms with Gasteiger partial charge in [0.2, 0.25) is 0 Å². The molecule has 1 aliphatic heterocycles. The van der Waals surface area contributed by atoms with Crippen molar-refractivity contribution in [1.29, 1.82) is 0 Å². The SMILES string of the molecule is Cc1ccc2c(c1Br)C(N)CCN2. The van der Waals surface area contributed by atoms with E-state index >= 15 is 0 Å². The third-order valence-electron chi connectivity index (χ3n) is 2.51. The number of benzene rings is 1. The Morgan fingerprint density at radius 3 is 3.08 bits per heavy atom. The minimum absolute atomic E-state index is 0.172. The largest absolute Gasteiger partial charge is 0.385 e. The Kier molecular flexibility index (Phi) is 2.30. The van der Waals surface area contributed by atoms with Crippen LogP contribution >= 0.6 is 15.9 Å². The average molecular weight is 241 g/mol. The minimum atomic E-state index is 0.172. The molecule has 0 aliphatic carbocycles. The number of nitrogens with one attached hydrogen (secondary N) is 1. The quantitative estimate of drug-likeness (QED) is 0.732. The van der Waals surface area contributed by atoms with Crippen LogP contribution in [0.4, 0.5) is 5.69 Å². The lowest BCUT2D eigenvalue weighted by atomic mass is 9.97. The second-order valence-corrected chi connectivity index (χ2v) is 4.27. The summed E-state index contributed by atoms with van der Waals surface area (Å²) in [4.78, 5) is 0. The molecule has 0 bridgehead atoms. The normalized spacial score (nSPS) is 20.7. The van der Waals surface area contributed by atoms with Crippen LogP contribution in [0, 0.1) is 6.92 Å². The summed E-state index contributed by atoms with van der Waals surface area (Å²) in [6, 6.07) is 4.38. The number of rotatable bonds is 0. The molecule has 3 heteroatoms. The van der Waals surface area contributed by atoms with Crippen LogP contribution in [0.3, 0.4) is 0 Å². The molecule has 2 nitrogen and oxygen atoms in total. The zero-order valence-corrected chi connectivity index (χ0v) is 9.19. The van der Waals surface area contributed by atoms with Crippen molar-refractivity contribution in [2.24, 2.45) is 5.73 Å². The monoisotopic (exact) mass is 240 g/mol. The minimum Gasteiger partial charge on any atom is -0.385 e. The van der Waals surface area contributed by atoms with E-state index in [-0.39, 0.29) is 6.04 Å². The Hall–Kier alpha value is -0.540. The zero-order valence-electron chi connectivity index (χ0n) is 7.60. The summed E-state index contributed by atoms with van der Waals surface area (Å²) < 4.78 is 1.16. The second kappa shape index (κ2) is 3.31. The molecular formula is C10H13BrN2. The van der Waals surface area contributed by atoms with Crippen molar-refractivity contribution in [3.8, 4) is 0 Å². The lowest BCUT2D eigenvalue weighted by Crippen LogP contribution is -2.23. The Morgan fingerprint density at radius 1 is 1.54 bits per heavy atom. The summed E-state index contributed by atoms with van der Waals surface area (Å²) in [5, 5.41) is 3.35. The number of anilines is 1. The standard InChI is InChI=1S/C10H13BrN2/c1-6-2-3-8-9(10(6)11)7(12)4-5-13-8/h2-3,7,13H,4-5,12H2,1H3. The molecule has 13 heavy (non-hydrogen) atoms. The average Bonchev–Trinajstić information content (AvgIpc) is 2.12. The molecule has 2 rings (SSSR count). The number of halogens is 1. The first kappa shape index (κ1) is 9.03. The number of aryl methyl sites for hydroxylation is 1. The maximum Gasteiger partial charge on any atom is 0.0400 e. The van der Waals surface area contributed by atoms with Crippen molar-refractivity contribution in [3.05, 3.63) is 27.7 Å². The third kappa shape index (κ3) is 1.46. The van der Waals surface area contributed by atoms with Gasteiger partial charge in [0.05, 0.1) is 0 Å². The van der Waals surface area contributed by atoms with Gasteiger partial charge in [0.25, 0.3) is 0 Å². The maximum absolute atomic E-state index is 6.05. The first-order chi connectivity index (χ1) is 6.20. The number of fused-ring (bicyclic) bond motifs is 1. The van der Waals surface area contributed by atoms with Gasteiger partial charge in [0, 0.05) is 28.3 Å². The van der Waals surface area contributed by atoms with Crippen LogP contribution in [-0.2, 0) is 0 Å². The van der Waals surface area contributed by atoms with Crippen molar-refractivity contribution in [2.75, 3.05) is 11.9 Å². The molecular weight excluding hydrogens is 228 g/mol. The van der Waals surface area contributed by atoms with Gasteiger partial charge in [0.15, 0.2) is 0 Å². The van der Waals surface area contributed by atoms with Crippen LogP contribution in [0.15, 0.2) is 16.6 Å². The molecule has 0 saturated heterocycles. The van der Waals surface area contributed by atoms with Gasteiger partial charge in [-0.15, -0.1) is 0 Å². The van der Waals surface area contributed by atoms with Crippen LogP contribution in [0.25, 0.3) is 0 Å². The van der Waals surface area contributed by atoms with E-state index in [0.717, 1.165) is 17.4 Å². The van der Waals surface area contributed by atoms with Crippen LogP contribution in [0.5, 0.6) is 0 Å². The number of nitrogens with two attached hydrogens (primary N) is 1. The van der Waals surface area contributed by atoms with E-state index in [2.05, 4.69) is 40.3 Å². The molecule has 1 atom stereocenters. The van der Waals surface area contributed by atoms with Crippen LogP contribution in [0.1, 0.15) is 23.6 Å². The highest BCUT2D eigenvalue weighted by Gasteiger charge is 2.19. The van der Waals surface area contributed by atoms with E-state index in [0.29, 0.717) is 0 Å². The van der Waals surface area contributed by atoms with E-state index in [1.807, 2.05) is 0 Å². The highest BCUT2D eigenvalue weighted by Crippen LogP contribution is 2.36. The van der Waals surface area contributed by atoms with Gasteiger partial charge in [-0.3, -0.25) is 0 Å². The topological polar surface area (TPSA) is 38.0 Å². The molecule has 0 fully saturated rings. The van der Waals surface area contributed by atoms with Crippen molar-refractivity contribution in [2.45, 2.75) is 19.4 Å². The molecule has 1 aromatic rings. The third-order valence-corrected chi connectivity index (χ3v) is 3.57. The predicted molar refractivity (Wildman–Crippen MR) is 58.9 cm³/mol. The number of hydrogen-bond acceptors (Lipinski definition) is 2. The van der Waals surface area contributed by atoms with E-state index in [1.165, 1.54) is 16.8 Å². The second-order valence-electron chi connectivity index (χ2n) is 3.48. The molecule has 70 valence electrons. The molecule has 0 aromatic heterocycles. The van der Waals surface area contributed by atoms with Gasteiger partial charge >= 0.3 is 0 Å². The van der Waals surface area contributed by atoms with Crippen molar-refractivity contribution >= 4 is 21.6 Å². The van der Waals surface area contributed by atoms with E-state index in [9.17, 15) is 0 Å². The Labute approximate surface area is 86.6 Å². The first-order valence-corrected chi connectivity index (χ1v) is 5.28. The maximum atomic E-state index is 6.05. The summed E-state index contributed by atoms with van der Waals surface area (Å²) in [7, 11) is 0. The van der Waals surface area contributed by atoms with Crippen molar-refractivity contribution in [3.63, 3.8) is 0 Å². The molecule has 1 aliphatic rings. The summed E-state index contributed by atoms with van der Waals surface area (Å²) in [6.07, 6.45) is 1.01. The van der Waals surface area contributed by atoms with Gasteiger partial charge < -0.3 is 11.1 Å². The Morgan fingerprint density at radius 2 is 2.31 bits per heavy atom. The molecule has 1 aromatic carbocycles. The van der Waals surface area contributed by atoms with E-state index in [1.54, 1.807) is 0 Å². The zero-order chi connectivity index (χ0) is 9.42. The predicted octanol–water partition coefficient (Wildman–Crippen LogP) is 2.57. The molecule has 1 unspecified atom stereocenters. The van der Waals surface area contributed by atoms with Gasteiger partial charge in [-0.1, -0.05) is 22.0 Å². The van der Waals surface area contributed by atoms with Crippen molar-refractivity contribution < 1.29 is 0 Å². The Bertz CT molecular complexity index is 336. The molecule has 1 heterocycles. The molecule has 0 amide bonds. The fourth-order valence-corrected chi connectivity index (χ4v) is 2.37. The molecule has 0 spiro atoms. The summed E-state index contributed by atoms with van der Waals surface area (Å²) in [5.41, 5.74) is 9.70. The fraction of sp³-hybridized carbons (Fsp3) is 0.400. The van der Waals surface area contributed by atoms with Gasteiger partial charge in [0.1, 0.15) is 0 Å². The lowest BCUT2D eigenvalue weighted by molar-refractivity contribution is 0.651. The van der Waals surface area contributed by atoms with Crippen LogP contribution < -0.4 is 11.1 Å². The molecule has 3 N–H and O–H groups in total. The summed E-state index contributed by atoms with van der Waals surface area (Å²) >= 11 is 3.59. The summed E-state index contributed by atoms with van der Waals surface area (Å²) in [5.74, 6) is 0. The van der Waals surface area contributed by atoms with Crippen LogP contribution in [-0.4, -0.2) is 6.54 Å². The highest BCUT2D eigenvalue weighted by atomic mass is 79.9. The highest BCUT2D eigenvalue weighted by molar-refractivity contribution is 9.10. The number of hydrogen-bond donors (Lipinski definition) is 2. The van der Waals surface area contributed by atoms with Gasteiger partial charge in [-0.25, -0.2) is 0 Å². The van der Waals surface area contributed by atoms with Crippen molar-refractivity contribution in [1.82, 2.24) is 0 Å². The lowest BCUT2D eigenvalue weighted by Gasteiger charge is -2.25. The first-order valence-electron chi connectivity index (χ1n) is 4.48. The fourth-order valence-electron chi connectivity index (χ4n) is 1.73. The molecule has 0 saturated carbocycles. The molecule has 0 radical (unpaired) electrons. The van der Waals surface area contributed by atoms with Gasteiger partial charge in [-0.2, -0.15) is 0 Å².